The van der Waals surface area contributed by atoms with E-state index in [0.717, 1.165) is 18.4 Å². The third-order valence-corrected chi connectivity index (χ3v) is 7.49. The van der Waals surface area contributed by atoms with Gasteiger partial charge in [0.25, 0.3) is 5.56 Å². The molecule has 1 aliphatic carbocycles. The summed E-state index contributed by atoms with van der Waals surface area (Å²) < 4.78 is 5.44. The summed E-state index contributed by atoms with van der Waals surface area (Å²) in [5.41, 5.74) is 0.584. The number of carbonyl (C=O) groups is 1. The van der Waals surface area contributed by atoms with Gasteiger partial charge in [-0.15, -0.1) is 23.1 Å². The number of hydrogen-bond donors (Lipinski definition) is 2. The number of carbonyl (C=O) groups excluding carboxylic acids is 1. The minimum absolute atomic E-state index is 0.0633. The first-order valence-corrected chi connectivity index (χ1v) is 11.9. The van der Waals surface area contributed by atoms with Gasteiger partial charge < -0.3 is 14.7 Å². The van der Waals surface area contributed by atoms with E-state index in [2.05, 4.69) is 15.3 Å². The zero-order chi connectivity index (χ0) is 20.4. The summed E-state index contributed by atoms with van der Waals surface area (Å²) in [5, 5.41) is 5.30. The van der Waals surface area contributed by atoms with Gasteiger partial charge in [-0.1, -0.05) is 19.3 Å². The van der Waals surface area contributed by atoms with Crippen LogP contribution >= 0.6 is 23.1 Å². The highest BCUT2D eigenvalue weighted by Gasteiger charge is 2.24. The van der Waals surface area contributed by atoms with Crippen molar-refractivity contribution in [1.82, 2.24) is 15.3 Å². The number of hydrogen-bond acceptors (Lipinski definition) is 6. The lowest BCUT2D eigenvalue weighted by molar-refractivity contribution is -0.121. The Balaban J connectivity index is 1.47. The van der Waals surface area contributed by atoms with E-state index >= 15 is 0 Å². The molecule has 1 fully saturated rings. The van der Waals surface area contributed by atoms with E-state index in [1.165, 1.54) is 42.4 Å². The van der Waals surface area contributed by atoms with Gasteiger partial charge in [0.05, 0.1) is 22.1 Å². The number of aromatic nitrogens is 2. The van der Waals surface area contributed by atoms with Crippen LogP contribution in [0.15, 0.2) is 33.0 Å². The van der Waals surface area contributed by atoms with Gasteiger partial charge in [0.1, 0.15) is 16.4 Å². The molecule has 0 aliphatic heterocycles. The summed E-state index contributed by atoms with van der Waals surface area (Å²) in [5.74, 6) is 1.32. The van der Waals surface area contributed by atoms with Crippen LogP contribution in [0, 0.1) is 0 Å². The number of rotatable bonds is 6. The van der Waals surface area contributed by atoms with E-state index in [1.807, 2.05) is 25.3 Å². The number of thiophene rings is 1. The maximum atomic E-state index is 12.7. The number of nitrogens with one attached hydrogen (secondary N) is 2. The zero-order valence-electron chi connectivity index (χ0n) is 16.6. The number of nitrogens with zero attached hydrogens (tertiary/aromatic N) is 1. The number of H-pyrrole nitrogens is 1. The topological polar surface area (TPSA) is 88.0 Å². The average molecular weight is 432 g/mol. The number of aromatic amines is 1. The van der Waals surface area contributed by atoms with Crippen LogP contribution in [0.25, 0.3) is 21.5 Å². The van der Waals surface area contributed by atoms with Crippen LogP contribution in [0.4, 0.5) is 0 Å². The summed E-state index contributed by atoms with van der Waals surface area (Å²) >= 11 is 2.94. The largest absolute Gasteiger partial charge is 0.464 e. The molecule has 0 aromatic carbocycles. The maximum Gasteiger partial charge on any atom is 0.260 e. The molecule has 0 spiro atoms. The normalized spacial score (nSPS) is 17.3. The Morgan fingerprint density at radius 2 is 2.14 bits per heavy atom. The van der Waals surface area contributed by atoms with E-state index in [-0.39, 0.29) is 22.0 Å². The van der Waals surface area contributed by atoms with Crippen molar-refractivity contribution < 1.29 is 9.21 Å². The Morgan fingerprint density at radius 3 is 2.86 bits per heavy atom. The highest BCUT2D eigenvalue weighted by molar-refractivity contribution is 8.00. The second-order valence-electron chi connectivity index (χ2n) is 7.52. The summed E-state index contributed by atoms with van der Waals surface area (Å²) in [7, 11) is 0. The van der Waals surface area contributed by atoms with Crippen molar-refractivity contribution in [2.45, 2.75) is 62.5 Å². The molecule has 3 heterocycles. The van der Waals surface area contributed by atoms with Gasteiger partial charge in [-0.05, 0) is 38.8 Å². The molecule has 3 aromatic rings. The molecular formula is C21H25N3O3S2. The van der Waals surface area contributed by atoms with Crippen molar-refractivity contribution in [2.75, 3.05) is 0 Å². The molecule has 0 saturated heterocycles. The molecule has 1 saturated carbocycles. The number of amides is 1. The van der Waals surface area contributed by atoms with E-state index < -0.39 is 0 Å². The van der Waals surface area contributed by atoms with Crippen molar-refractivity contribution in [3.8, 4) is 11.3 Å². The number of furan rings is 1. The molecule has 1 amide bonds. The summed E-state index contributed by atoms with van der Waals surface area (Å²) in [6.45, 7) is 3.89. The van der Waals surface area contributed by atoms with Crippen LogP contribution in [0.2, 0.25) is 0 Å². The smallest absolute Gasteiger partial charge is 0.260 e. The van der Waals surface area contributed by atoms with Gasteiger partial charge >= 0.3 is 0 Å². The molecule has 8 heteroatoms. The Hall–Kier alpha value is -2.06. The first-order valence-electron chi connectivity index (χ1n) is 10.0. The van der Waals surface area contributed by atoms with E-state index in [1.54, 1.807) is 12.3 Å². The Kier molecular flexibility index (Phi) is 6.10. The predicted octanol–water partition coefficient (Wildman–Crippen LogP) is 4.88. The monoisotopic (exact) mass is 431 g/mol. The summed E-state index contributed by atoms with van der Waals surface area (Å²) in [6, 6.07) is 3.93. The fourth-order valence-electron chi connectivity index (χ4n) is 3.77. The van der Waals surface area contributed by atoms with Crippen LogP contribution in [0.3, 0.4) is 0 Å². The molecule has 0 radical (unpaired) electrons. The van der Waals surface area contributed by atoms with Crippen LogP contribution in [-0.4, -0.2) is 27.2 Å². The van der Waals surface area contributed by atoms with Gasteiger partial charge in [0.15, 0.2) is 0 Å². The highest BCUT2D eigenvalue weighted by atomic mass is 32.2. The molecule has 154 valence electrons. The molecule has 3 aromatic heterocycles. The maximum absolute atomic E-state index is 12.7. The number of fused-ring (bicyclic) bond motifs is 1. The van der Waals surface area contributed by atoms with Gasteiger partial charge in [0.2, 0.25) is 5.91 Å². The predicted molar refractivity (Wildman–Crippen MR) is 118 cm³/mol. The van der Waals surface area contributed by atoms with Gasteiger partial charge in [-0.2, -0.15) is 0 Å². The second-order valence-corrected chi connectivity index (χ2v) is 10.1. The molecule has 1 aliphatic rings. The molecule has 2 N–H and O–H groups in total. The van der Waals surface area contributed by atoms with Gasteiger partial charge in [-0.25, -0.2) is 4.98 Å². The lowest BCUT2D eigenvalue weighted by atomic mass is 9.95. The van der Waals surface area contributed by atoms with E-state index in [9.17, 15) is 9.59 Å². The molecule has 2 unspecified atom stereocenters. The lowest BCUT2D eigenvalue weighted by Gasteiger charge is -2.25. The van der Waals surface area contributed by atoms with Crippen molar-refractivity contribution in [1.29, 1.82) is 0 Å². The third kappa shape index (κ3) is 4.43. The van der Waals surface area contributed by atoms with E-state index in [4.69, 9.17) is 4.42 Å². The molecular weight excluding hydrogens is 406 g/mol. The Bertz CT molecular complexity index is 1040. The van der Waals surface area contributed by atoms with Crippen LogP contribution < -0.4 is 10.9 Å². The van der Waals surface area contributed by atoms with Crippen molar-refractivity contribution in [3.05, 3.63) is 40.0 Å². The quantitative estimate of drug-likeness (QED) is 0.581. The van der Waals surface area contributed by atoms with Crippen molar-refractivity contribution in [3.63, 3.8) is 0 Å². The van der Waals surface area contributed by atoms with E-state index in [0.29, 0.717) is 27.8 Å². The Morgan fingerprint density at radius 1 is 1.34 bits per heavy atom. The minimum Gasteiger partial charge on any atom is -0.464 e. The van der Waals surface area contributed by atoms with Crippen molar-refractivity contribution in [2.24, 2.45) is 0 Å². The second kappa shape index (κ2) is 8.75. The Labute approximate surface area is 177 Å². The van der Waals surface area contributed by atoms with Crippen LogP contribution in [0.5, 0.6) is 0 Å². The molecule has 0 bridgehead atoms. The summed E-state index contributed by atoms with van der Waals surface area (Å²) in [6.07, 6.45) is 7.37. The SMILES string of the molecule is CC(SC(C)c1nc2scc(-c3ccco3)c2c(=O)[nH]1)C(=O)NC1CCCCC1. The first kappa shape index (κ1) is 20.2. The molecule has 6 nitrogen and oxygen atoms in total. The first-order chi connectivity index (χ1) is 14.0. The van der Waals surface area contributed by atoms with Crippen molar-refractivity contribution >= 4 is 39.2 Å². The number of thioether (sulfide) groups is 1. The highest BCUT2D eigenvalue weighted by Crippen LogP contribution is 2.34. The fraction of sp³-hybridized carbons (Fsp3) is 0.476. The standard InChI is InChI=1S/C21H25N3O3S2/c1-12(29-13(2)19(25)22-14-7-4-3-5-8-14)18-23-20(26)17-15(11-28-21(17)24-18)16-9-6-10-27-16/h6,9-14H,3-5,7-8H2,1-2H3,(H,22,25)(H,23,24,26). The molecule has 2 atom stereocenters. The zero-order valence-corrected chi connectivity index (χ0v) is 18.2. The molecule has 29 heavy (non-hydrogen) atoms. The lowest BCUT2D eigenvalue weighted by Crippen LogP contribution is -2.40. The fourth-order valence-corrected chi connectivity index (χ4v) is 5.75. The summed E-state index contributed by atoms with van der Waals surface area (Å²) in [4.78, 5) is 33.6. The average Bonchev–Trinajstić information content (AvgIpc) is 3.38. The molecule has 4 rings (SSSR count). The van der Waals surface area contributed by atoms with Gasteiger partial charge in [-0.3, -0.25) is 9.59 Å². The third-order valence-electron chi connectivity index (χ3n) is 5.36. The van der Waals surface area contributed by atoms with Crippen LogP contribution in [0.1, 0.15) is 57.0 Å². The minimum atomic E-state index is -0.213. The van der Waals surface area contributed by atoms with Crippen LogP contribution in [-0.2, 0) is 4.79 Å². The van der Waals surface area contributed by atoms with Gasteiger partial charge in [0, 0.05) is 17.0 Å².